The number of hydrogen-bond donors (Lipinski definition) is 0. The lowest BCUT2D eigenvalue weighted by molar-refractivity contribution is 0.0543. The van der Waals surface area contributed by atoms with Crippen molar-refractivity contribution in [3.8, 4) is 0 Å². The molecule has 0 saturated heterocycles. The Kier molecular flexibility index (Phi) is 6.95. The second kappa shape index (κ2) is 9.22. The lowest BCUT2D eigenvalue weighted by atomic mass is 9.41. The molecule has 0 saturated carbocycles. The van der Waals surface area contributed by atoms with Crippen LogP contribution in [0.15, 0.2) is 77.0 Å². The maximum Gasteiger partial charge on any atom is 0.0194 e. The van der Waals surface area contributed by atoms with Crippen LogP contribution in [0.25, 0.3) is 11.1 Å². The molecule has 0 fully saturated rings. The van der Waals surface area contributed by atoms with Gasteiger partial charge in [0.25, 0.3) is 0 Å². The molecule has 4 aliphatic rings. The molecule has 0 aliphatic heterocycles. The highest BCUT2D eigenvalue weighted by Gasteiger charge is 2.59. The Morgan fingerprint density at radius 3 is 2.15 bits per heavy atom. The molecule has 1 aromatic rings. The second-order valence-corrected chi connectivity index (χ2v) is 14.2. The summed E-state index contributed by atoms with van der Waals surface area (Å²) in [5, 5.41) is 0. The van der Waals surface area contributed by atoms with Gasteiger partial charge in [0.2, 0.25) is 0 Å². The summed E-state index contributed by atoms with van der Waals surface area (Å²) in [6.45, 7) is 37.7. The normalized spacial score (nSPS) is 30.0. The van der Waals surface area contributed by atoms with Crippen LogP contribution in [0.5, 0.6) is 0 Å². The zero-order valence-corrected chi connectivity index (χ0v) is 25.8. The highest BCUT2D eigenvalue weighted by atomic mass is 14.6. The maximum absolute atomic E-state index is 4.92. The van der Waals surface area contributed by atoms with Crippen molar-refractivity contribution in [1.82, 2.24) is 0 Å². The molecule has 3 atom stereocenters. The SMILES string of the molecule is C.C=C(C)C1=C(C)C[C@@]2(C)C[C@@]3(C)Cc4c(C(C)C)cc(C5=CC=C(C)C5)c(C)c4C(=C)C3=C(C)[C@@]2(C)C1=C. The third-order valence-corrected chi connectivity index (χ3v) is 11.0. The molecular weight excluding hydrogens is 468 g/mol. The van der Waals surface area contributed by atoms with Gasteiger partial charge in [0, 0.05) is 5.41 Å². The summed E-state index contributed by atoms with van der Waals surface area (Å²) in [5.74, 6) is 0.476. The Labute approximate surface area is 240 Å². The van der Waals surface area contributed by atoms with Gasteiger partial charge in [-0.3, -0.25) is 0 Å². The fourth-order valence-electron chi connectivity index (χ4n) is 9.32. The minimum Gasteiger partial charge on any atom is -0.0955 e. The molecule has 0 nitrogen and oxygen atoms in total. The number of allylic oxidation sites excluding steroid dienone is 11. The minimum absolute atomic E-state index is 0. The van der Waals surface area contributed by atoms with Gasteiger partial charge in [0.1, 0.15) is 0 Å². The number of fused-ring (bicyclic) bond motifs is 3. The Morgan fingerprint density at radius 2 is 1.62 bits per heavy atom. The van der Waals surface area contributed by atoms with Gasteiger partial charge in [0.05, 0.1) is 0 Å². The number of rotatable bonds is 3. The van der Waals surface area contributed by atoms with Gasteiger partial charge in [0.15, 0.2) is 0 Å². The van der Waals surface area contributed by atoms with Crippen molar-refractivity contribution in [3.05, 3.63) is 105 Å². The molecule has 0 heteroatoms. The van der Waals surface area contributed by atoms with E-state index in [-0.39, 0.29) is 23.7 Å². The molecule has 208 valence electrons. The van der Waals surface area contributed by atoms with Crippen LogP contribution in [0, 0.1) is 23.2 Å². The van der Waals surface area contributed by atoms with Crippen molar-refractivity contribution >= 4 is 11.1 Å². The van der Waals surface area contributed by atoms with Crippen LogP contribution in [0.2, 0.25) is 0 Å². The molecule has 0 radical (unpaired) electrons. The first-order chi connectivity index (χ1) is 17.6. The van der Waals surface area contributed by atoms with Gasteiger partial charge in [-0.2, -0.15) is 0 Å². The van der Waals surface area contributed by atoms with E-state index in [9.17, 15) is 0 Å². The Hall–Kier alpha value is -2.60. The van der Waals surface area contributed by atoms with E-state index in [1.165, 1.54) is 66.8 Å². The third-order valence-electron chi connectivity index (χ3n) is 11.0. The van der Waals surface area contributed by atoms with E-state index in [4.69, 9.17) is 13.2 Å². The molecule has 1 aromatic carbocycles. The Morgan fingerprint density at radius 1 is 0.974 bits per heavy atom. The lowest BCUT2D eigenvalue weighted by Gasteiger charge is -2.62. The van der Waals surface area contributed by atoms with E-state index in [1.54, 1.807) is 5.56 Å². The number of benzene rings is 1. The first kappa shape index (κ1) is 29.4. The van der Waals surface area contributed by atoms with E-state index in [0.29, 0.717) is 5.92 Å². The summed E-state index contributed by atoms with van der Waals surface area (Å²) in [7, 11) is 0. The number of hydrogen-bond acceptors (Lipinski definition) is 0. The summed E-state index contributed by atoms with van der Waals surface area (Å²) in [6, 6.07) is 2.53. The van der Waals surface area contributed by atoms with Crippen LogP contribution in [-0.4, -0.2) is 0 Å². The van der Waals surface area contributed by atoms with Gasteiger partial charge >= 0.3 is 0 Å². The average Bonchev–Trinajstić information content (AvgIpc) is 3.21. The third kappa shape index (κ3) is 3.84. The summed E-state index contributed by atoms with van der Waals surface area (Å²) in [6.07, 6.45) is 9.01. The standard InChI is InChI=1S/C38H48.CH4/c1-21(2)30-17-31(29-15-14-23(5)16-29)25(7)34-26(8)35-28(10)38(13)27(9)33(22(3)4)24(6)18-37(38,12)20-36(35,11)19-32(30)34;/h14-15,17,21H,3,8-9,16,18-20H2,1-2,4-7,10-13H3;1H4/t36-,37+,38-;/m1./s1. The maximum atomic E-state index is 4.92. The van der Waals surface area contributed by atoms with E-state index >= 15 is 0 Å². The molecule has 0 heterocycles. The lowest BCUT2D eigenvalue weighted by Crippen LogP contribution is -2.52. The predicted molar refractivity (Wildman–Crippen MR) is 174 cm³/mol. The van der Waals surface area contributed by atoms with E-state index in [2.05, 4.69) is 94.0 Å². The van der Waals surface area contributed by atoms with E-state index in [1.807, 2.05) is 0 Å². The van der Waals surface area contributed by atoms with Gasteiger partial charge in [-0.1, -0.05) is 102 Å². The second-order valence-electron chi connectivity index (χ2n) is 14.2. The fourth-order valence-corrected chi connectivity index (χ4v) is 9.32. The van der Waals surface area contributed by atoms with Crippen LogP contribution in [0.4, 0.5) is 0 Å². The van der Waals surface area contributed by atoms with Crippen molar-refractivity contribution in [2.24, 2.45) is 16.2 Å². The summed E-state index contributed by atoms with van der Waals surface area (Å²) in [4.78, 5) is 0. The molecule has 39 heavy (non-hydrogen) atoms. The molecule has 5 rings (SSSR count). The van der Waals surface area contributed by atoms with Crippen molar-refractivity contribution in [2.45, 2.75) is 108 Å². The van der Waals surface area contributed by atoms with Crippen LogP contribution in [0.3, 0.4) is 0 Å². The molecule has 0 spiro atoms. The molecule has 0 aromatic heterocycles. The summed E-state index contributed by atoms with van der Waals surface area (Å²) >= 11 is 0. The highest BCUT2D eigenvalue weighted by molar-refractivity contribution is 5.90. The van der Waals surface area contributed by atoms with Crippen molar-refractivity contribution in [1.29, 1.82) is 0 Å². The monoisotopic (exact) mass is 520 g/mol. The molecule has 0 unspecified atom stereocenters. The first-order valence-corrected chi connectivity index (χ1v) is 14.6. The topological polar surface area (TPSA) is 0 Å². The first-order valence-electron chi connectivity index (χ1n) is 14.6. The van der Waals surface area contributed by atoms with Crippen molar-refractivity contribution in [3.63, 3.8) is 0 Å². The van der Waals surface area contributed by atoms with Gasteiger partial charge < -0.3 is 0 Å². The quantitative estimate of drug-likeness (QED) is 0.372. The minimum atomic E-state index is -0.114. The van der Waals surface area contributed by atoms with Crippen molar-refractivity contribution < 1.29 is 0 Å². The molecular formula is C39H52. The summed E-state index contributed by atoms with van der Waals surface area (Å²) < 4.78 is 0. The van der Waals surface area contributed by atoms with E-state index < -0.39 is 0 Å². The predicted octanol–water partition coefficient (Wildman–Crippen LogP) is 11.6. The Balaban J connectivity index is 0.00000353. The van der Waals surface area contributed by atoms with Gasteiger partial charge in [-0.05, 0) is 133 Å². The Bertz CT molecular complexity index is 1460. The van der Waals surface area contributed by atoms with Gasteiger partial charge in [-0.15, -0.1) is 0 Å². The molecule has 0 amide bonds. The molecule has 0 N–H and O–H groups in total. The molecule has 4 aliphatic carbocycles. The van der Waals surface area contributed by atoms with Crippen LogP contribution < -0.4 is 0 Å². The van der Waals surface area contributed by atoms with E-state index in [0.717, 1.165) is 31.3 Å². The summed E-state index contributed by atoms with van der Waals surface area (Å²) in [5.41, 5.74) is 19.7. The zero-order chi connectivity index (χ0) is 28.1. The van der Waals surface area contributed by atoms with Gasteiger partial charge in [-0.25, -0.2) is 0 Å². The molecule has 0 bridgehead atoms. The smallest absolute Gasteiger partial charge is 0.0194 e. The zero-order valence-electron chi connectivity index (χ0n) is 25.8. The average molecular weight is 521 g/mol. The fraction of sp³-hybridized carbons (Fsp3) is 0.487. The van der Waals surface area contributed by atoms with Crippen LogP contribution >= 0.6 is 0 Å². The largest absolute Gasteiger partial charge is 0.0955 e. The van der Waals surface area contributed by atoms with Crippen molar-refractivity contribution in [2.75, 3.05) is 0 Å². The van der Waals surface area contributed by atoms with Crippen LogP contribution in [0.1, 0.15) is 123 Å². The van der Waals surface area contributed by atoms with Crippen LogP contribution in [-0.2, 0) is 6.42 Å². The highest BCUT2D eigenvalue weighted by Crippen LogP contribution is 2.70.